The topological polar surface area (TPSA) is 71.9 Å². The molecule has 4 nitrogen and oxygen atoms in total. The molecule has 0 aliphatic rings. The second kappa shape index (κ2) is 6.51. The molecule has 102 valence electrons. The highest BCUT2D eigenvalue weighted by Crippen LogP contribution is 2.28. The van der Waals surface area contributed by atoms with Crippen LogP contribution in [0.5, 0.6) is 5.75 Å². The van der Waals surface area contributed by atoms with Crippen LogP contribution in [0.2, 0.25) is 0 Å². The van der Waals surface area contributed by atoms with E-state index in [0.717, 1.165) is 15.6 Å². The number of hydrogen-bond donors (Lipinski definition) is 1. The molecule has 0 saturated carbocycles. The molecule has 0 amide bonds. The third-order valence-electron chi connectivity index (χ3n) is 2.85. The number of nitrogens with zero attached hydrogens (tertiary/aromatic N) is 2. The van der Waals surface area contributed by atoms with Crippen LogP contribution in [0.3, 0.4) is 0 Å². The summed E-state index contributed by atoms with van der Waals surface area (Å²) in [5, 5.41) is 9.01. The van der Waals surface area contributed by atoms with Crippen molar-refractivity contribution in [3.8, 4) is 11.8 Å². The molecule has 0 radical (unpaired) electrons. The minimum absolute atomic E-state index is 0.123. The minimum Gasteiger partial charge on any atom is -0.488 e. The molecule has 1 aromatic carbocycles. The van der Waals surface area contributed by atoms with E-state index >= 15 is 0 Å². The van der Waals surface area contributed by atoms with Crippen molar-refractivity contribution < 1.29 is 4.74 Å². The van der Waals surface area contributed by atoms with E-state index < -0.39 is 0 Å². The van der Waals surface area contributed by atoms with Gasteiger partial charge in [-0.2, -0.15) is 5.26 Å². The SMILES string of the molecule is C[C@@H](N)c1ccc(Br)cc1OCc1cccnc1C#N. The van der Waals surface area contributed by atoms with Gasteiger partial charge >= 0.3 is 0 Å². The Morgan fingerprint density at radius 3 is 2.95 bits per heavy atom. The van der Waals surface area contributed by atoms with Crippen LogP contribution in [0.1, 0.15) is 29.8 Å². The monoisotopic (exact) mass is 331 g/mol. The van der Waals surface area contributed by atoms with E-state index in [4.69, 9.17) is 15.7 Å². The first kappa shape index (κ1) is 14.5. The van der Waals surface area contributed by atoms with E-state index in [1.807, 2.05) is 31.2 Å². The van der Waals surface area contributed by atoms with Crippen molar-refractivity contribution in [3.63, 3.8) is 0 Å². The number of rotatable bonds is 4. The molecular formula is C15H14BrN3O. The normalized spacial score (nSPS) is 11.7. The van der Waals surface area contributed by atoms with Gasteiger partial charge in [0.15, 0.2) is 0 Å². The van der Waals surface area contributed by atoms with Gasteiger partial charge in [0.1, 0.15) is 24.1 Å². The van der Waals surface area contributed by atoms with Gasteiger partial charge in [-0.25, -0.2) is 4.98 Å². The maximum absolute atomic E-state index is 9.01. The standard InChI is InChI=1S/C15H14BrN3O/c1-10(18)13-5-4-12(16)7-15(13)20-9-11-3-2-6-19-14(11)8-17/h2-7,10H,9,18H2,1H3/t10-/m1/s1. The van der Waals surface area contributed by atoms with Gasteiger partial charge in [-0.1, -0.05) is 28.1 Å². The van der Waals surface area contributed by atoms with Gasteiger partial charge < -0.3 is 10.5 Å². The molecule has 1 heterocycles. The number of hydrogen-bond acceptors (Lipinski definition) is 4. The van der Waals surface area contributed by atoms with E-state index in [0.29, 0.717) is 11.4 Å². The third kappa shape index (κ3) is 3.35. The lowest BCUT2D eigenvalue weighted by atomic mass is 10.1. The van der Waals surface area contributed by atoms with Crippen LogP contribution in [0.25, 0.3) is 0 Å². The van der Waals surface area contributed by atoms with Gasteiger partial charge in [-0.05, 0) is 25.1 Å². The number of halogens is 1. The summed E-state index contributed by atoms with van der Waals surface area (Å²) < 4.78 is 6.73. The van der Waals surface area contributed by atoms with Crippen molar-refractivity contribution in [1.82, 2.24) is 4.98 Å². The number of ether oxygens (including phenoxy) is 1. The van der Waals surface area contributed by atoms with E-state index in [1.165, 1.54) is 0 Å². The Labute approximate surface area is 126 Å². The van der Waals surface area contributed by atoms with E-state index in [2.05, 4.69) is 27.0 Å². The zero-order valence-corrected chi connectivity index (χ0v) is 12.6. The quantitative estimate of drug-likeness (QED) is 0.932. The van der Waals surface area contributed by atoms with Crippen LogP contribution < -0.4 is 10.5 Å². The van der Waals surface area contributed by atoms with Gasteiger partial charge in [0.05, 0.1) is 0 Å². The van der Waals surface area contributed by atoms with Gasteiger partial charge in [0.2, 0.25) is 0 Å². The predicted octanol–water partition coefficient (Wildman–Crippen LogP) is 3.31. The first-order valence-electron chi connectivity index (χ1n) is 6.13. The number of benzene rings is 1. The van der Waals surface area contributed by atoms with E-state index in [9.17, 15) is 0 Å². The molecule has 2 aromatic rings. The molecule has 0 spiro atoms. The fraction of sp³-hybridized carbons (Fsp3) is 0.200. The number of aromatic nitrogens is 1. The Hall–Kier alpha value is -1.90. The van der Waals surface area contributed by atoms with E-state index in [1.54, 1.807) is 12.3 Å². The molecule has 0 bridgehead atoms. The van der Waals surface area contributed by atoms with Crippen LogP contribution >= 0.6 is 15.9 Å². The average Bonchev–Trinajstić information content (AvgIpc) is 2.45. The molecule has 0 fully saturated rings. The zero-order chi connectivity index (χ0) is 14.5. The molecule has 2 N–H and O–H groups in total. The number of pyridine rings is 1. The Morgan fingerprint density at radius 1 is 1.45 bits per heavy atom. The second-order valence-electron chi connectivity index (χ2n) is 4.38. The van der Waals surface area contributed by atoms with Crippen molar-refractivity contribution in [2.75, 3.05) is 0 Å². The summed E-state index contributed by atoms with van der Waals surface area (Å²) in [5.41, 5.74) is 7.99. The van der Waals surface area contributed by atoms with Crippen molar-refractivity contribution in [2.45, 2.75) is 19.6 Å². The molecule has 0 aliphatic heterocycles. The summed E-state index contributed by atoms with van der Waals surface area (Å²) in [7, 11) is 0. The van der Waals surface area contributed by atoms with Gasteiger partial charge in [-0.15, -0.1) is 0 Å². The molecule has 1 aromatic heterocycles. The summed E-state index contributed by atoms with van der Waals surface area (Å²) >= 11 is 3.41. The molecule has 1 atom stereocenters. The van der Waals surface area contributed by atoms with Crippen LogP contribution in [0, 0.1) is 11.3 Å². The van der Waals surface area contributed by atoms with Crippen LogP contribution in [-0.4, -0.2) is 4.98 Å². The average molecular weight is 332 g/mol. The lowest BCUT2D eigenvalue weighted by Crippen LogP contribution is -2.08. The predicted molar refractivity (Wildman–Crippen MR) is 80.0 cm³/mol. The van der Waals surface area contributed by atoms with E-state index in [-0.39, 0.29) is 12.6 Å². The fourth-order valence-electron chi connectivity index (χ4n) is 1.82. The molecule has 0 unspecified atom stereocenters. The zero-order valence-electron chi connectivity index (χ0n) is 11.0. The highest BCUT2D eigenvalue weighted by Gasteiger charge is 2.10. The Kier molecular flexibility index (Phi) is 4.72. The van der Waals surface area contributed by atoms with Crippen molar-refractivity contribution in [3.05, 3.63) is 57.8 Å². The van der Waals surface area contributed by atoms with Gasteiger partial charge in [-0.3, -0.25) is 0 Å². The van der Waals surface area contributed by atoms with Gasteiger partial charge in [0, 0.05) is 27.8 Å². The minimum atomic E-state index is -0.123. The van der Waals surface area contributed by atoms with Crippen molar-refractivity contribution >= 4 is 15.9 Å². The van der Waals surface area contributed by atoms with Crippen LogP contribution in [0.15, 0.2) is 41.0 Å². The summed E-state index contributed by atoms with van der Waals surface area (Å²) in [4.78, 5) is 4.01. The molecule has 0 aliphatic carbocycles. The van der Waals surface area contributed by atoms with Crippen LogP contribution in [0.4, 0.5) is 0 Å². The Balaban J connectivity index is 2.23. The maximum atomic E-state index is 9.01. The largest absolute Gasteiger partial charge is 0.488 e. The number of nitriles is 1. The number of nitrogens with two attached hydrogens (primary N) is 1. The third-order valence-corrected chi connectivity index (χ3v) is 3.34. The molecule has 5 heteroatoms. The Morgan fingerprint density at radius 2 is 2.25 bits per heavy atom. The summed E-state index contributed by atoms with van der Waals surface area (Å²) in [5.74, 6) is 0.710. The summed E-state index contributed by atoms with van der Waals surface area (Å²) in [6, 6.07) is 11.3. The second-order valence-corrected chi connectivity index (χ2v) is 5.30. The highest BCUT2D eigenvalue weighted by molar-refractivity contribution is 9.10. The van der Waals surface area contributed by atoms with Crippen molar-refractivity contribution in [2.24, 2.45) is 5.73 Å². The first-order valence-corrected chi connectivity index (χ1v) is 6.93. The molecule has 20 heavy (non-hydrogen) atoms. The molecular weight excluding hydrogens is 318 g/mol. The molecule has 0 saturated heterocycles. The first-order chi connectivity index (χ1) is 9.61. The lowest BCUT2D eigenvalue weighted by molar-refractivity contribution is 0.300. The highest BCUT2D eigenvalue weighted by atomic mass is 79.9. The summed E-state index contributed by atoms with van der Waals surface area (Å²) in [6.45, 7) is 2.19. The maximum Gasteiger partial charge on any atom is 0.147 e. The smallest absolute Gasteiger partial charge is 0.147 e. The fourth-order valence-corrected chi connectivity index (χ4v) is 2.16. The Bertz CT molecular complexity index is 650. The van der Waals surface area contributed by atoms with Gasteiger partial charge in [0.25, 0.3) is 0 Å². The summed E-state index contributed by atoms with van der Waals surface area (Å²) in [6.07, 6.45) is 1.59. The lowest BCUT2D eigenvalue weighted by Gasteiger charge is -2.14. The molecule has 2 rings (SSSR count). The van der Waals surface area contributed by atoms with Crippen molar-refractivity contribution in [1.29, 1.82) is 5.26 Å². The van der Waals surface area contributed by atoms with Crippen LogP contribution in [-0.2, 0) is 6.61 Å².